The van der Waals surface area contributed by atoms with Crippen LogP contribution >= 0.6 is 0 Å². The number of piperidine rings is 1. The molecule has 134 valence electrons. The van der Waals surface area contributed by atoms with Gasteiger partial charge in [-0.2, -0.15) is 0 Å². The molecule has 1 fully saturated rings. The minimum atomic E-state index is -0.577. The highest BCUT2D eigenvalue weighted by Crippen LogP contribution is 2.19. The van der Waals surface area contributed by atoms with E-state index in [0.29, 0.717) is 19.7 Å². The van der Waals surface area contributed by atoms with Crippen LogP contribution in [0.2, 0.25) is 0 Å². The molecule has 1 aliphatic rings. The quantitative estimate of drug-likeness (QED) is 0.775. The minimum absolute atomic E-state index is 0.0776. The summed E-state index contributed by atoms with van der Waals surface area (Å²) in [5.41, 5.74) is 2.29. The molecule has 1 aromatic rings. The van der Waals surface area contributed by atoms with Crippen LogP contribution in [-0.4, -0.2) is 54.9 Å². The van der Waals surface area contributed by atoms with Crippen LogP contribution in [0.5, 0.6) is 5.75 Å². The topological polar surface area (TPSA) is 59.0 Å². The molecule has 5 nitrogen and oxygen atoms in total. The number of rotatable bonds is 7. The van der Waals surface area contributed by atoms with Crippen molar-refractivity contribution >= 4 is 5.97 Å². The summed E-state index contributed by atoms with van der Waals surface area (Å²) in [5.74, 6) is 0.587. The monoisotopic (exact) mass is 335 g/mol. The maximum Gasteiger partial charge on any atom is 0.310 e. The van der Waals surface area contributed by atoms with Gasteiger partial charge in [0.1, 0.15) is 18.5 Å². The zero-order chi connectivity index (χ0) is 17.5. The van der Waals surface area contributed by atoms with Gasteiger partial charge in [0.05, 0.1) is 12.5 Å². The number of hydrogen-bond donors (Lipinski definition) is 1. The molecule has 2 atom stereocenters. The third kappa shape index (κ3) is 5.80. The molecule has 5 heteroatoms. The largest absolute Gasteiger partial charge is 0.491 e. The molecule has 0 aromatic heterocycles. The molecule has 24 heavy (non-hydrogen) atoms. The molecule has 0 spiro atoms. The number of esters is 1. The Morgan fingerprint density at radius 1 is 1.33 bits per heavy atom. The normalized spacial score (nSPS) is 19.8. The number of nitrogens with zero attached hydrogens (tertiary/aromatic N) is 1. The van der Waals surface area contributed by atoms with Crippen LogP contribution in [0.3, 0.4) is 0 Å². The van der Waals surface area contributed by atoms with Crippen LogP contribution < -0.4 is 4.74 Å². The SMILES string of the molecule is CCOC(=O)C1CCCN(CC(O)COc2cc(C)cc(C)c2)C1. The highest BCUT2D eigenvalue weighted by molar-refractivity contribution is 5.72. The predicted octanol–water partition coefficient (Wildman–Crippen LogP) is 2.32. The number of aryl methyl sites for hydroxylation is 2. The van der Waals surface area contributed by atoms with Crippen molar-refractivity contribution in [3.05, 3.63) is 29.3 Å². The van der Waals surface area contributed by atoms with Gasteiger partial charge in [-0.3, -0.25) is 9.69 Å². The molecule has 1 aromatic carbocycles. The van der Waals surface area contributed by atoms with Crippen LogP contribution in [0.4, 0.5) is 0 Å². The first-order valence-electron chi connectivity index (χ1n) is 8.76. The summed E-state index contributed by atoms with van der Waals surface area (Å²) < 4.78 is 10.8. The fourth-order valence-corrected chi connectivity index (χ4v) is 3.23. The van der Waals surface area contributed by atoms with E-state index in [-0.39, 0.29) is 18.5 Å². The van der Waals surface area contributed by atoms with Gasteiger partial charge in [0.25, 0.3) is 0 Å². The number of hydrogen-bond acceptors (Lipinski definition) is 5. The van der Waals surface area contributed by atoms with E-state index in [1.54, 1.807) is 0 Å². The van der Waals surface area contributed by atoms with Gasteiger partial charge in [-0.1, -0.05) is 6.07 Å². The molecule has 0 bridgehead atoms. The number of carbonyl (C=O) groups excluding carboxylic acids is 1. The van der Waals surface area contributed by atoms with E-state index in [2.05, 4.69) is 11.0 Å². The Kier molecular flexibility index (Phi) is 7.06. The van der Waals surface area contributed by atoms with Crippen LogP contribution in [0.25, 0.3) is 0 Å². The molecule has 1 heterocycles. The van der Waals surface area contributed by atoms with E-state index in [9.17, 15) is 9.90 Å². The number of ether oxygens (including phenoxy) is 2. The first kappa shape index (κ1) is 18.7. The molecule has 2 unspecified atom stereocenters. The van der Waals surface area contributed by atoms with Gasteiger partial charge < -0.3 is 14.6 Å². The van der Waals surface area contributed by atoms with E-state index in [4.69, 9.17) is 9.47 Å². The van der Waals surface area contributed by atoms with Gasteiger partial charge in [-0.05, 0) is 63.4 Å². The van der Waals surface area contributed by atoms with E-state index in [1.165, 1.54) is 0 Å². The second kappa shape index (κ2) is 9.04. The van der Waals surface area contributed by atoms with Crippen molar-refractivity contribution < 1.29 is 19.4 Å². The molecule has 0 radical (unpaired) electrons. The van der Waals surface area contributed by atoms with Crippen LogP contribution in [0.1, 0.15) is 30.9 Å². The number of aliphatic hydroxyl groups excluding tert-OH is 1. The molecular weight excluding hydrogens is 306 g/mol. The Morgan fingerprint density at radius 3 is 2.71 bits per heavy atom. The Labute approximate surface area is 144 Å². The maximum atomic E-state index is 11.9. The molecule has 1 aliphatic heterocycles. The Bertz CT molecular complexity index is 526. The van der Waals surface area contributed by atoms with Crippen LogP contribution in [0, 0.1) is 19.8 Å². The molecule has 0 saturated carbocycles. The summed E-state index contributed by atoms with van der Waals surface area (Å²) in [6.07, 6.45) is 1.24. The third-order valence-electron chi connectivity index (χ3n) is 4.23. The van der Waals surface area contributed by atoms with Gasteiger partial charge in [0.2, 0.25) is 0 Å². The minimum Gasteiger partial charge on any atom is -0.491 e. The van der Waals surface area contributed by atoms with Crippen LogP contribution in [-0.2, 0) is 9.53 Å². The van der Waals surface area contributed by atoms with Crippen molar-refractivity contribution in [2.45, 2.75) is 39.7 Å². The Morgan fingerprint density at radius 2 is 2.04 bits per heavy atom. The Balaban J connectivity index is 1.79. The number of aliphatic hydroxyl groups is 1. The van der Waals surface area contributed by atoms with Crippen LogP contribution in [0.15, 0.2) is 18.2 Å². The fourth-order valence-electron chi connectivity index (χ4n) is 3.23. The summed E-state index contributed by atoms with van der Waals surface area (Å²) in [4.78, 5) is 14.0. The molecule has 0 amide bonds. The summed E-state index contributed by atoms with van der Waals surface area (Å²) in [6, 6.07) is 6.03. The average molecular weight is 335 g/mol. The van der Waals surface area contributed by atoms with Crippen molar-refractivity contribution in [1.29, 1.82) is 0 Å². The Hall–Kier alpha value is -1.59. The van der Waals surface area contributed by atoms with Gasteiger partial charge >= 0.3 is 5.97 Å². The fraction of sp³-hybridized carbons (Fsp3) is 0.632. The van der Waals surface area contributed by atoms with E-state index in [0.717, 1.165) is 36.3 Å². The first-order valence-corrected chi connectivity index (χ1v) is 8.76. The number of benzene rings is 1. The van der Waals surface area contributed by atoms with E-state index >= 15 is 0 Å². The average Bonchev–Trinajstić information content (AvgIpc) is 2.52. The lowest BCUT2D eigenvalue weighted by Gasteiger charge is -2.32. The van der Waals surface area contributed by atoms with Gasteiger partial charge in [0, 0.05) is 13.1 Å². The predicted molar refractivity (Wildman–Crippen MR) is 93.2 cm³/mol. The summed E-state index contributed by atoms with van der Waals surface area (Å²) >= 11 is 0. The van der Waals surface area contributed by atoms with E-state index in [1.807, 2.05) is 32.9 Å². The molecule has 1 N–H and O–H groups in total. The number of likely N-dealkylation sites (tertiary alicyclic amines) is 1. The summed E-state index contributed by atoms with van der Waals surface area (Å²) in [6.45, 7) is 8.62. The van der Waals surface area contributed by atoms with Crippen molar-refractivity contribution in [2.24, 2.45) is 5.92 Å². The highest BCUT2D eigenvalue weighted by Gasteiger charge is 2.27. The first-order chi connectivity index (χ1) is 11.5. The van der Waals surface area contributed by atoms with Crippen molar-refractivity contribution in [3.63, 3.8) is 0 Å². The van der Waals surface area contributed by atoms with Crippen molar-refractivity contribution in [2.75, 3.05) is 32.8 Å². The van der Waals surface area contributed by atoms with Crippen molar-refractivity contribution in [1.82, 2.24) is 4.90 Å². The molecule has 0 aliphatic carbocycles. The second-order valence-corrected chi connectivity index (χ2v) is 6.64. The smallest absolute Gasteiger partial charge is 0.310 e. The van der Waals surface area contributed by atoms with Gasteiger partial charge in [-0.15, -0.1) is 0 Å². The van der Waals surface area contributed by atoms with Crippen molar-refractivity contribution in [3.8, 4) is 5.75 Å². The standard InChI is InChI=1S/C19H29NO4/c1-4-23-19(22)16-6-5-7-20(11-16)12-17(21)13-24-18-9-14(2)8-15(3)10-18/h8-10,16-17,21H,4-7,11-13H2,1-3H3. The third-order valence-corrected chi connectivity index (χ3v) is 4.23. The number of carbonyl (C=O) groups is 1. The lowest BCUT2D eigenvalue weighted by atomic mass is 9.98. The number of β-amino-alcohol motifs (C(OH)–C–C–N with tert-alkyl or cyclic N) is 1. The lowest BCUT2D eigenvalue weighted by Crippen LogP contribution is -2.44. The molecular formula is C19H29NO4. The molecule has 2 rings (SSSR count). The lowest BCUT2D eigenvalue weighted by molar-refractivity contribution is -0.150. The maximum absolute atomic E-state index is 11.9. The molecule has 1 saturated heterocycles. The zero-order valence-electron chi connectivity index (χ0n) is 15.0. The highest BCUT2D eigenvalue weighted by atomic mass is 16.5. The van der Waals surface area contributed by atoms with Gasteiger partial charge in [-0.25, -0.2) is 0 Å². The van der Waals surface area contributed by atoms with E-state index < -0.39 is 6.10 Å². The summed E-state index contributed by atoms with van der Waals surface area (Å²) in [5, 5.41) is 10.2. The van der Waals surface area contributed by atoms with Gasteiger partial charge in [0.15, 0.2) is 0 Å². The summed E-state index contributed by atoms with van der Waals surface area (Å²) in [7, 11) is 0. The second-order valence-electron chi connectivity index (χ2n) is 6.64. The zero-order valence-corrected chi connectivity index (χ0v) is 15.0.